The number of oxazole rings is 1. The number of carbonyl (C=O) groups excluding carboxylic acids is 1. The van der Waals surface area contributed by atoms with Gasteiger partial charge in [-0.25, -0.2) is 4.98 Å². The van der Waals surface area contributed by atoms with E-state index in [1.807, 2.05) is 6.92 Å². The quantitative estimate of drug-likeness (QED) is 0.779. The first-order valence-corrected chi connectivity index (χ1v) is 4.95. The Bertz CT molecular complexity index is 329. The fourth-order valence-electron chi connectivity index (χ4n) is 1.30. The van der Waals surface area contributed by atoms with Crippen molar-refractivity contribution in [1.82, 2.24) is 10.3 Å². The maximum atomic E-state index is 11.2. The molecule has 14 heavy (non-hydrogen) atoms. The molecule has 0 aliphatic heterocycles. The van der Waals surface area contributed by atoms with E-state index in [1.165, 1.54) is 0 Å². The van der Waals surface area contributed by atoms with Crippen LogP contribution in [0.1, 0.15) is 24.5 Å². The molecule has 0 atom stereocenters. The van der Waals surface area contributed by atoms with Crippen LogP contribution in [0.2, 0.25) is 0 Å². The molecule has 0 bridgehead atoms. The highest BCUT2D eigenvalue weighted by Crippen LogP contribution is 2.28. The molecule has 1 amide bonds. The Morgan fingerprint density at radius 2 is 2.50 bits per heavy atom. The largest absolute Gasteiger partial charge is 0.446 e. The second kappa shape index (κ2) is 3.82. The van der Waals surface area contributed by atoms with Gasteiger partial charge in [0.2, 0.25) is 5.91 Å². The van der Waals surface area contributed by atoms with E-state index in [0.717, 1.165) is 18.6 Å². The molecule has 1 fully saturated rings. The van der Waals surface area contributed by atoms with Crippen LogP contribution in [0, 0.1) is 12.8 Å². The number of carbonyl (C=O) groups is 1. The van der Waals surface area contributed by atoms with E-state index in [9.17, 15) is 4.79 Å². The molecule has 0 radical (unpaired) electrons. The van der Waals surface area contributed by atoms with Crippen LogP contribution in [-0.4, -0.2) is 17.4 Å². The van der Waals surface area contributed by atoms with Crippen molar-refractivity contribution in [2.75, 3.05) is 6.54 Å². The molecule has 4 nitrogen and oxygen atoms in total. The van der Waals surface area contributed by atoms with E-state index >= 15 is 0 Å². The topological polar surface area (TPSA) is 55.1 Å². The lowest BCUT2D eigenvalue weighted by atomic mass is 10.3. The second-order valence-corrected chi connectivity index (χ2v) is 3.68. The molecule has 4 heteroatoms. The van der Waals surface area contributed by atoms with Crippen LogP contribution in [0.3, 0.4) is 0 Å². The summed E-state index contributed by atoms with van der Waals surface area (Å²) in [5.74, 6) is 1.96. The van der Waals surface area contributed by atoms with Crippen LogP contribution >= 0.6 is 0 Å². The van der Waals surface area contributed by atoms with Gasteiger partial charge in [0.25, 0.3) is 0 Å². The van der Waals surface area contributed by atoms with Crippen LogP contribution in [0.15, 0.2) is 10.6 Å². The van der Waals surface area contributed by atoms with Crippen molar-refractivity contribution < 1.29 is 9.21 Å². The lowest BCUT2D eigenvalue weighted by molar-refractivity contribution is -0.122. The summed E-state index contributed by atoms with van der Waals surface area (Å²) in [6, 6.07) is 0. The van der Waals surface area contributed by atoms with Gasteiger partial charge in [0.15, 0.2) is 5.89 Å². The van der Waals surface area contributed by atoms with Gasteiger partial charge in [0.05, 0.1) is 6.20 Å². The fraction of sp³-hybridized carbons (Fsp3) is 0.600. The van der Waals surface area contributed by atoms with Crippen molar-refractivity contribution in [3.05, 3.63) is 17.8 Å². The molecule has 1 aliphatic carbocycles. The van der Waals surface area contributed by atoms with Crippen molar-refractivity contribution in [1.29, 1.82) is 0 Å². The number of aromatic nitrogens is 1. The van der Waals surface area contributed by atoms with Gasteiger partial charge in [-0.1, -0.05) is 0 Å². The van der Waals surface area contributed by atoms with Gasteiger partial charge < -0.3 is 9.73 Å². The van der Waals surface area contributed by atoms with E-state index in [2.05, 4.69) is 10.3 Å². The highest BCUT2D eigenvalue weighted by molar-refractivity contribution is 5.80. The number of nitrogens with zero attached hydrogens (tertiary/aromatic N) is 1. The van der Waals surface area contributed by atoms with Crippen LogP contribution in [0.25, 0.3) is 0 Å². The molecule has 1 saturated carbocycles. The van der Waals surface area contributed by atoms with E-state index < -0.39 is 0 Å². The number of hydrogen-bond donors (Lipinski definition) is 1. The number of rotatable bonds is 4. The average Bonchev–Trinajstić information content (AvgIpc) is 2.92. The maximum absolute atomic E-state index is 11.2. The highest BCUT2D eigenvalue weighted by Gasteiger charge is 2.29. The third kappa shape index (κ3) is 2.34. The summed E-state index contributed by atoms with van der Waals surface area (Å²) in [5, 5.41) is 2.86. The van der Waals surface area contributed by atoms with Crippen LogP contribution in [0.5, 0.6) is 0 Å². The molecule has 0 saturated heterocycles. The Kier molecular flexibility index (Phi) is 2.52. The molecule has 0 unspecified atom stereocenters. The summed E-state index contributed by atoms with van der Waals surface area (Å²) in [6.07, 6.45) is 4.46. The minimum absolute atomic E-state index is 0.174. The van der Waals surface area contributed by atoms with Crippen LogP contribution in [-0.2, 0) is 11.2 Å². The van der Waals surface area contributed by atoms with Gasteiger partial charge in [-0.3, -0.25) is 4.79 Å². The van der Waals surface area contributed by atoms with E-state index in [0.29, 0.717) is 18.9 Å². The fourth-order valence-corrected chi connectivity index (χ4v) is 1.30. The number of aryl methyl sites for hydroxylation is 1. The van der Waals surface area contributed by atoms with Crippen molar-refractivity contribution >= 4 is 5.91 Å². The molecule has 2 rings (SSSR count). The molecular formula is C10H14N2O2. The monoisotopic (exact) mass is 194 g/mol. The molecule has 1 aromatic heterocycles. The third-order valence-electron chi connectivity index (χ3n) is 2.26. The summed E-state index contributed by atoms with van der Waals surface area (Å²) in [7, 11) is 0. The van der Waals surface area contributed by atoms with Gasteiger partial charge in [0.1, 0.15) is 5.76 Å². The minimum Gasteiger partial charge on any atom is -0.446 e. The molecule has 1 aromatic rings. The van der Waals surface area contributed by atoms with Crippen LogP contribution < -0.4 is 5.32 Å². The van der Waals surface area contributed by atoms with Gasteiger partial charge >= 0.3 is 0 Å². The highest BCUT2D eigenvalue weighted by atomic mass is 16.4. The van der Waals surface area contributed by atoms with Crippen molar-refractivity contribution in [2.45, 2.75) is 26.2 Å². The lowest BCUT2D eigenvalue weighted by Gasteiger charge is -2.00. The van der Waals surface area contributed by atoms with Crippen molar-refractivity contribution in [2.24, 2.45) is 5.92 Å². The Morgan fingerprint density at radius 3 is 3.07 bits per heavy atom. The van der Waals surface area contributed by atoms with Gasteiger partial charge in [-0.15, -0.1) is 0 Å². The van der Waals surface area contributed by atoms with Crippen molar-refractivity contribution in [3.8, 4) is 0 Å². The number of hydrogen-bond acceptors (Lipinski definition) is 3. The van der Waals surface area contributed by atoms with Gasteiger partial charge in [0, 0.05) is 18.9 Å². The van der Waals surface area contributed by atoms with E-state index in [1.54, 1.807) is 6.20 Å². The van der Waals surface area contributed by atoms with E-state index in [-0.39, 0.29) is 11.8 Å². The molecule has 76 valence electrons. The molecule has 0 spiro atoms. The Morgan fingerprint density at radius 1 is 1.71 bits per heavy atom. The van der Waals surface area contributed by atoms with Crippen LogP contribution in [0.4, 0.5) is 0 Å². The predicted molar refractivity (Wildman–Crippen MR) is 50.7 cm³/mol. The molecule has 0 aromatic carbocycles. The Hall–Kier alpha value is -1.32. The zero-order chi connectivity index (χ0) is 9.97. The molecule has 1 N–H and O–H groups in total. The predicted octanol–water partition coefficient (Wildman–Crippen LogP) is 1.05. The van der Waals surface area contributed by atoms with E-state index in [4.69, 9.17) is 4.42 Å². The van der Waals surface area contributed by atoms with Gasteiger partial charge in [-0.2, -0.15) is 0 Å². The molecule has 1 heterocycles. The Balaban J connectivity index is 1.69. The molecular weight excluding hydrogens is 180 g/mol. The summed E-state index contributed by atoms with van der Waals surface area (Å²) in [4.78, 5) is 15.3. The third-order valence-corrected chi connectivity index (χ3v) is 2.26. The smallest absolute Gasteiger partial charge is 0.223 e. The minimum atomic E-state index is 0.174. The first-order chi connectivity index (χ1) is 6.75. The summed E-state index contributed by atoms with van der Waals surface area (Å²) >= 11 is 0. The Labute approximate surface area is 82.7 Å². The lowest BCUT2D eigenvalue weighted by Crippen LogP contribution is -2.26. The van der Waals surface area contributed by atoms with Gasteiger partial charge in [-0.05, 0) is 19.8 Å². The summed E-state index contributed by atoms with van der Waals surface area (Å²) in [6.45, 7) is 2.48. The zero-order valence-electron chi connectivity index (χ0n) is 8.25. The first kappa shape index (κ1) is 9.24. The second-order valence-electron chi connectivity index (χ2n) is 3.68. The maximum Gasteiger partial charge on any atom is 0.223 e. The SMILES string of the molecule is Cc1cnc(CCNC(=O)C2CC2)o1. The zero-order valence-corrected chi connectivity index (χ0v) is 8.25. The van der Waals surface area contributed by atoms with Crippen molar-refractivity contribution in [3.63, 3.8) is 0 Å². The average molecular weight is 194 g/mol. The number of amides is 1. The summed E-state index contributed by atoms with van der Waals surface area (Å²) < 4.78 is 5.28. The number of nitrogens with one attached hydrogen (secondary N) is 1. The standard InChI is InChI=1S/C10H14N2O2/c1-7-6-12-9(14-7)4-5-11-10(13)8-2-3-8/h6,8H,2-5H2,1H3,(H,11,13). The normalized spacial score (nSPS) is 15.5. The molecule has 1 aliphatic rings. The first-order valence-electron chi connectivity index (χ1n) is 4.95. The summed E-state index contributed by atoms with van der Waals surface area (Å²) in [5.41, 5.74) is 0.